The number of hydrogen-bond acceptors (Lipinski definition) is 3. The summed E-state index contributed by atoms with van der Waals surface area (Å²) in [5.41, 5.74) is 0.0382. The van der Waals surface area contributed by atoms with Crippen LogP contribution in [0.5, 0.6) is 0 Å². The van der Waals surface area contributed by atoms with Crippen molar-refractivity contribution in [3.63, 3.8) is 0 Å². The summed E-state index contributed by atoms with van der Waals surface area (Å²) in [5, 5.41) is 0. The molecule has 0 N–H and O–H groups in total. The molecule has 2 heterocycles. The SMILES string of the molecule is CCn1ccnc(N2CC(C)CC(C)C2)c1=O. The van der Waals surface area contributed by atoms with Gasteiger partial charge in [0.15, 0.2) is 5.82 Å². The highest BCUT2D eigenvalue weighted by molar-refractivity contribution is 5.36. The number of aryl methyl sites for hydroxylation is 1. The van der Waals surface area contributed by atoms with E-state index in [1.165, 1.54) is 6.42 Å². The van der Waals surface area contributed by atoms with E-state index in [-0.39, 0.29) is 5.56 Å². The Hall–Kier alpha value is -1.32. The third kappa shape index (κ3) is 2.51. The molecule has 2 rings (SSSR count). The molecule has 0 bridgehead atoms. The molecular weight excluding hydrogens is 214 g/mol. The first kappa shape index (κ1) is 12.1. The average Bonchev–Trinajstić information content (AvgIpc) is 2.28. The third-order valence-corrected chi connectivity index (χ3v) is 3.40. The van der Waals surface area contributed by atoms with Gasteiger partial charge >= 0.3 is 0 Å². The molecule has 94 valence electrons. The molecule has 0 radical (unpaired) electrons. The standard InChI is InChI=1S/C13H21N3O/c1-4-15-6-5-14-12(13(15)17)16-8-10(2)7-11(3)9-16/h5-6,10-11H,4,7-9H2,1-3H3. The predicted octanol–water partition coefficient (Wildman–Crippen LogP) is 1.75. The second-order valence-corrected chi connectivity index (χ2v) is 5.19. The Balaban J connectivity index is 2.30. The van der Waals surface area contributed by atoms with Crippen LogP contribution in [0.1, 0.15) is 27.2 Å². The molecule has 1 saturated heterocycles. The number of nitrogens with zero attached hydrogens (tertiary/aromatic N) is 3. The molecule has 0 saturated carbocycles. The maximum Gasteiger partial charge on any atom is 0.293 e. The Morgan fingerprint density at radius 3 is 2.59 bits per heavy atom. The normalized spacial score (nSPS) is 25.0. The van der Waals surface area contributed by atoms with Crippen LogP contribution in [-0.4, -0.2) is 22.6 Å². The zero-order valence-electron chi connectivity index (χ0n) is 10.9. The van der Waals surface area contributed by atoms with Crippen LogP contribution in [0, 0.1) is 11.8 Å². The topological polar surface area (TPSA) is 38.1 Å². The van der Waals surface area contributed by atoms with E-state index in [9.17, 15) is 4.79 Å². The van der Waals surface area contributed by atoms with Crippen molar-refractivity contribution in [3.05, 3.63) is 22.7 Å². The quantitative estimate of drug-likeness (QED) is 0.783. The van der Waals surface area contributed by atoms with E-state index < -0.39 is 0 Å². The molecule has 1 aromatic heterocycles. The van der Waals surface area contributed by atoms with Crippen molar-refractivity contribution in [1.29, 1.82) is 0 Å². The minimum atomic E-state index is 0.0382. The fourth-order valence-electron chi connectivity index (χ4n) is 2.74. The minimum Gasteiger partial charge on any atom is -0.351 e. The van der Waals surface area contributed by atoms with Crippen LogP contribution in [0.4, 0.5) is 5.82 Å². The highest BCUT2D eigenvalue weighted by atomic mass is 16.1. The maximum absolute atomic E-state index is 12.2. The lowest BCUT2D eigenvalue weighted by Crippen LogP contribution is -2.42. The number of hydrogen-bond donors (Lipinski definition) is 0. The van der Waals surface area contributed by atoms with Gasteiger partial charge in [-0.25, -0.2) is 4.98 Å². The molecule has 1 aliphatic heterocycles. The van der Waals surface area contributed by atoms with E-state index in [1.807, 2.05) is 6.92 Å². The predicted molar refractivity (Wildman–Crippen MR) is 69.3 cm³/mol. The van der Waals surface area contributed by atoms with Gasteiger partial charge in [0.2, 0.25) is 0 Å². The largest absolute Gasteiger partial charge is 0.351 e. The summed E-state index contributed by atoms with van der Waals surface area (Å²) < 4.78 is 1.71. The van der Waals surface area contributed by atoms with Crippen LogP contribution >= 0.6 is 0 Å². The summed E-state index contributed by atoms with van der Waals surface area (Å²) in [4.78, 5) is 18.6. The second-order valence-electron chi connectivity index (χ2n) is 5.19. The Morgan fingerprint density at radius 1 is 1.35 bits per heavy atom. The molecular formula is C13H21N3O. The lowest BCUT2D eigenvalue weighted by Gasteiger charge is -2.35. The fraction of sp³-hybridized carbons (Fsp3) is 0.692. The monoisotopic (exact) mass is 235 g/mol. The van der Waals surface area contributed by atoms with Crippen LogP contribution in [0.15, 0.2) is 17.2 Å². The first-order valence-electron chi connectivity index (χ1n) is 6.42. The van der Waals surface area contributed by atoms with Crippen LogP contribution in [0.25, 0.3) is 0 Å². The Kier molecular flexibility index (Phi) is 3.50. The molecule has 2 unspecified atom stereocenters. The van der Waals surface area contributed by atoms with Crippen LogP contribution in [-0.2, 0) is 6.54 Å². The van der Waals surface area contributed by atoms with E-state index in [0.717, 1.165) is 13.1 Å². The van der Waals surface area contributed by atoms with Crippen LogP contribution < -0.4 is 10.5 Å². The molecule has 1 aliphatic rings. The molecule has 0 aliphatic carbocycles. The second kappa shape index (κ2) is 4.90. The molecule has 0 amide bonds. The van der Waals surface area contributed by atoms with E-state index in [0.29, 0.717) is 24.2 Å². The van der Waals surface area contributed by atoms with Crippen molar-refractivity contribution < 1.29 is 0 Å². The van der Waals surface area contributed by atoms with Gasteiger partial charge in [0.25, 0.3) is 5.56 Å². The molecule has 4 nitrogen and oxygen atoms in total. The van der Waals surface area contributed by atoms with Crippen molar-refractivity contribution in [1.82, 2.24) is 9.55 Å². The van der Waals surface area contributed by atoms with Crippen LogP contribution in [0.2, 0.25) is 0 Å². The zero-order chi connectivity index (χ0) is 12.4. The van der Waals surface area contributed by atoms with E-state index in [1.54, 1.807) is 17.0 Å². The number of piperidine rings is 1. The number of rotatable bonds is 2. The lowest BCUT2D eigenvalue weighted by molar-refractivity contribution is 0.354. The highest BCUT2D eigenvalue weighted by Gasteiger charge is 2.24. The molecule has 0 spiro atoms. The average molecular weight is 235 g/mol. The van der Waals surface area contributed by atoms with Gasteiger partial charge in [-0.3, -0.25) is 4.79 Å². The molecule has 0 aromatic carbocycles. The highest BCUT2D eigenvalue weighted by Crippen LogP contribution is 2.22. The van der Waals surface area contributed by atoms with Gasteiger partial charge in [-0.05, 0) is 25.2 Å². The van der Waals surface area contributed by atoms with Gasteiger partial charge in [0.1, 0.15) is 0 Å². The lowest BCUT2D eigenvalue weighted by atomic mass is 9.92. The summed E-state index contributed by atoms with van der Waals surface area (Å²) in [6.45, 7) is 9.05. The van der Waals surface area contributed by atoms with Crippen LogP contribution in [0.3, 0.4) is 0 Å². The van der Waals surface area contributed by atoms with E-state index in [2.05, 4.69) is 23.7 Å². The summed E-state index contributed by atoms with van der Waals surface area (Å²) in [7, 11) is 0. The zero-order valence-corrected chi connectivity index (χ0v) is 10.9. The van der Waals surface area contributed by atoms with Gasteiger partial charge in [-0.1, -0.05) is 13.8 Å². The van der Waals surface area contributed by atoms with Gasteiger partial charge < -0.3 is 9.47 Å². The first-order chi connectivity index (χ1) is 8.11. The van der Waals surface area contributed by atoms with Gasteiger partial charge in [0.05, 0.1) is 0 Å². The van der Waals surface area contributed by atoms with Crippen molar-refractivity contribution in [2.24, 2.45) is 11.8 Å². The van der Waals surface area contributed by atoms with E-state index in [4.69, 9.17) is 0 Å². The molecule has 17 heavy (non-hydrogen) atoms. The van der Waals surface area contributed by atoms with Gasteiger partial charge in [0, 0.05) is 32.0 Å². The number of aromatic nitrogens is 2. The summed E-state index contributed by atoms with van der Waals surface area (Å²) in [6, 6.07) is 0. The van der Waals surface area contributed by atoms with Crippen molar-refractivity contribution in [3.8, 4) is 0 Å². The van der Waals surface area contributed by atoms with E-state index >= 15 is 0 Å². The van der Waals surface area contributed by atoms with Crippen molar-refractivity contribution >= 4 is 5.82 Å². The maximum atomic E-state index is 12.2. The van der Waals surface area contributed by atoms with Gasteiger partial charge in [-0.2, -0.15) is 0 Å². The molecule has 1 fully saturated rings. The summed E-state index contributed by atoms with van der Waals surface area (Å²) in [6.07, 6.45) is 4.72. The molecule has 2 atom stereocenters. The Labute approximate surface area is 102 Å². The Morgan fingerprint density at radius 2 is 2.00 bits per heavy atom. The van der Waals surface area contributed by atoms with Crippen molar-refractivity contribution in [2.45, 2.75) is 33.7 Å². The van der Waals surface area contributed by atoms with Gasteiger partial charge in [-0.15, -0.1) is 0 Å². The van der Waals surface area contributed by atoms with Crippen molar-refractivity contribution in [2.75, 3.05) is 18.0 Å². The summed E-state index contributed by atoms with van der Waals surface area (Å²) in [5.74, 6) is 1.89. The first-order valence-corrected chi connectivity index (χ1v) is 6.42. The molecule has 1 aromatic rings. The Bertz CT molecular complexity index is 431. The summed E-state index contributed by atoms with van der Waals surface area (Å²) >= 11 is 0. The fourth-order valence-corrected chi connectivity index (χ4v) is 2.74. The number of anilines is 1. The minimum absolute atomic E-state index is 0.0382. The smallest absolute Gasteiger partial charge is 0.293 e. The molecule has 4 heteroatoms. The third-order valence-electron chi connectivity index (χ3n) is 3.40.